The number of piperidine rings is 1. The lowest BCUT2D eigenvalue weighted by atomic mass is 10.0. The number of amides is 1. The van der Waals surface area contributed by atoms with Crippen molar-refractivity contribution in [1.82, 2.24) is 9.80 Å². The zero-order chi connectivity index (χ0) is 16.4. The van der Waals surface area contributed by atoms with E-state index in [0.29, 0.717) is 6.54 Å². The first kappa shape index (κ1) is 15.8. The lowest BCUT2D eigenvalue weighted by molar-refractivity contribution is -0.141. The lowest BCUT2D eigenvalue weighted by Crippen LogP contribution is -2.45. The SMILES string of the molecule is O=C(O)[C@H]1CC(=O)N(C2CCN(Cc3cccc(O)c3)CC2)C1. The Labute approximate surface area is 135 Å². The van der Waals surface area contributed by atoms with Gasteiger partial charge >= 0.3 is 5.97 Å². The molecule has 0 unspecified atom stereocenters. The molecular weight excluding hydrogens is 296 g/mol. The van der Waals surface area contributed by atoms with Gasteiger partial charge in [0.15, 0.2) is 0 Å². The third-order valence-electron chi connectivity index (χ3n) is 4.82. The number of hydrogen-bond donors (Lipinski definition) is 2. The van der Waals surface area contributed by atoms with Crippen molar-refractivity contribution in [3.63, 3.8) is 0 Å². The van der Waals surface area contributed by atoms with Crippen LogP contribution in [0.1, 0.15) is 24.8 Å². The predicted molar refractivity (Wildman–Crippen MR) is 83.9 cm³/mol. The zero-order valence-corrected chi connectivity index (χ0v) is 13.0. The summed E-state index contributed by atoms with van der Waals surface area (Å²) in [5.74, 6) is -1.17. The normalized spacial score (nSPS) is 23.4. The first-order valence-electron chi connectivity index (χ1n) is 8.05. The molecule has 2 saturated heterocycles. The van der Waals surface area contributed by atoms with Crippen molar-refractivity contribution in [3.8, 4) is 5.75 Å². The molecule has 0 bridgehead atoms. The summed E-state index contributed by atoms with van der Waals surface area (Å²) in [6, 6.07) is 7.42. The van der Waals surface area contributed by atoms with Crippen LogP contribution in [-0.4, -0.2) is 57.6 Å². The highest BCUT2D eigenvalue weighted by Gasteiger charge is 2.38. The molecule has 1 atom stereocenters. The number of carboxylic acids is 1. The summed E-state index contributed by atoms with van der Waals surface area (Å²) >= 11 is 0. The van der Waals surface area contributed by atoms with E-state index in [1.807, 2.05) is 12.1 Å². The fraction of sp³-hybridized carbons (Fsp3) is 0.529. The molecule has 124 valence electrons. The minimum Gasteiger partial charge on any atom is -0.508 e. The second kappa shape index (κ2) is 6.58. The largest absolute Gasteiger partial charge is 0.508 e. The first-order chi connectivity index (χ1) is 11.0. The molecule has 6 nitrogen and oxygen atoms in total. The van der Waals surface area contributed by atoms with Crippen LogP contribution in [0.3, 0.4) is 0 Å². The number of nitrogens with zero attached hydrogens (tertiary/aromatic N) is 2. The third-order valence-corrected chi connectivity index (χ3v) is 4.82. The van der Waals surface area contributed by atoms with Crippen molar-refractivity contribution < 1.29 is 19.8 Å². The zero-order valence-electron chi connectivity index (χ0n) is 13.0. The fourth-order valence-electron chi connectivity index (χ4n) is 3.55. The number of likely N-dealkylation sites (tertiary alicyclic amines) is 2. The maximum atomic E-state index is 12.0. The Morgan fingerprint density at radius 1 is 1.26 bits per heavy atom. The van der Waals surface area contributed by atoms with Gasteiger partial charge in [-0.05, 0) is 30.5 Å². The van der Waals surface area contributed by atoms with Crippen molar-refractivity contribution in [2.45, 2.75) is 31.8 Å². The summed E-state index contributed by atoms with van der Waals surface area (Å²) in [5.41, 5.74) is 1.08. The molecule has 2 aliphatic heterocycles. The van der Waals surface area contributed by atoms with Gasteiger partial charge in [0.2, 0.25) is 5.91 Å². The van der Waals surface area contributed by atoms with Gasteiger partial charge in [0.05, 0.1) is 5.92 Å². The Bertz CT molecular complexity index is 596. The fourth-order valence-corrected chi connectivity index (χ4v) is 3.55. The van der Waals surface area contributed by atoms with Crippen LogP contribution in [0.15, 0.2) is 24.3 Å². The highest BCUT2D eigenvalue weighted by atomic mass is 16.4. The highest BCUT2D eigenvalue weighted by molar-refractivity contribution is 5.86. The number of carbonyl (C=O) groups is 2. The molecule has 1 amide bonds. The van der Waals surface area contributed by atoms with Crippen molar-refractivity contribution in [1.29, 1.82) is 0 Å². The van der Waals surface area contributed by atoms with E-state index in [9.17, 15) is 14.7 Å². The van der Waals surface area contributed by atoms with E-state index in [4.69, 9.17) is 5.11 Å². The second-order valence-corrected chi connectivity index (χ2v) is 6.46. The average molecular weight is 318 g/mol. The van der Waals surface area contributed by atoms with Crippen LogP contribution in [0.5, 0.6) is 5.75 Å². The minimum absolute atomic E-state index is 0.0242. The number of rotatable bonds is 4. The van der Waals surface area contributed by atoms with Gasteiger partial charge in [-0.3, -0.25) is 14.5 Å². The molecule has 2 N–H and O–H groups in total. The Hall–Kier alpha value is -2.08. The van der Waals surface area contributed by atoms with E-state index < -0.39 is 11.9 Å². The summed E-state index contributed by atoms with van der Waals surface area (Å²) in [6.07, 6.45) is 1.88. The first-order valence-corrected chi connectivity index (χ1v) is 8.05. The van der Waals surface area contributed by atoms with Crippen molar-refractivity contribution in [3.05, 3.63) is 29.8 Å². The molecule has 2 heterocycles. The standard InChI is InChI=1S/C17H22N2O4/c20-15-3-1-2-12(8-15)10-18-6-4-14(5-7-18)19-11-13(17(22)23)9-16(19)21/h1-3,8,13-14,20H,4-7,9-11H2,(H,22,23)/t13-/m0/s1. The predicted octanol–water partition coefficient (Wildman–Crippen LogP) is 1.29. The summed E-state index contributed by atoms with van der Waals surface area (Å²) in [6.45, 7) is 2.89. The van der Waals surface area contributed by atoms with Gasteiger partial charge in [-0.15, -0.1) is 0 Å². The van der Waals surface area contributed by atoms with Crippen molar-refractivity contribution >= 4 is 11.9 Å². The molecule has 2 aliphatic rings. The Morgan fingerprint density at radius 2 is 2.00 bits per heavy atom. The molecular formula is C17H22N2O4. The molecule has 3 rings (SSSR count). The summed E-state index contributed by atoms with van der Waals surface area (Å²) in [4.78, 5) is 27.1. The number of phenols is 1. The summed E-state index contributed by atoms with van der Waals surface area (Å²) < 4.78 is 0. The molecule has 1 aromatic rings. The van der Waals surface area contributed by atoms with Gasteiger partial charge in [-0.25, -0.2) is 0 Å². The van der Waals surface area contributed by atoms with E-state index in [0.717, 1.165) is 38.0 Å². The average Bonchev–Trinajstić information content (AvgIpc) is 2.90. The topological polar surface area (TPSA) is 81.1 Å². The van der Waals surface area contributed by atoms with Gasteiger partial charge in [0.1, 0.15) is 5.75 Å². The minimum atomic E-state index is -0.873. The van der Waals surface area contributed by atoms with Crippen LogP contribution in [0.4, 0.5) is 0 Å². The molecule has 0 saturated carbocycles. The van der Waals surface area contributed by atoms with Gasteiger partial charge in [0.25, 0.3) is 0 Å². The molecule has 0 spiro atoms. The Balaban J connectivity index is 1.52. The molecule has 6 heteroatoms. The van der Waals surface area contributed by atoms with E-state index in [1.165, 1.54) is 0 Å². The number of aromatic hydroxyl groups is 1. The number of carboxylic acid groups (broad SMARTS) is 1. The van der Waals surface area contributed by atoms with Gasteiger partial charge in [-0.1, -0.05) is 12.1 Å². The smallest absolute Gasteiger partial charge is 0.308 e. The van der Waals surface area contributed by atoms with Gasteiger partial charge in [0, 0.05) is 38.6 Å². The van der Waals surface area contributed by atoms with E-state index >= 15 is 0 Å². The lowest BCUT2D eigenvalue weighted by Gasteiger charge is -2.36. The summed E-state index contributed by atoms with van der Waals surface area (Å²) in [5, 5.41) is 18.6. The van der Waals surface area contributed by atoms with Gasteiger partial charge in [-0.2, -0.15) is 0 Å². The van der Waals surface area contributed by atoms with E-state index in [2.05, 4.69) is 4.90 Å². The van der Waals surface area contributed by atoms with Crippen LogP contribution < -0.4 is 0 Å². The molecule has 23 heavy (non-hydrogen) atoms. The maximum Gasteiger partial charge on any atom is 0.308 e. The Morgan fingerprint density at radius 3 is 2.61 bits per heavy atom. The van der Waals surface area contributed by atoms with Crippen LogP contribution in [0, 0.1) is 5.92 Å². The van der Waals surface area contributed by atoms with Gasteiger partial charge < -0.3 is 15.1 Å². The molecule has 2 fully saturated rings. The third kappa shape index (κ3) is 3.64. The molecule has 1 aromatic carbocycles. The van der Waals surface area contributed by atoms with Crippen LogP contribution >= 0.6 is 0 Å². The van der Waals surface area contributed by atoms with E-state index in [1.54, 1.807) is 17.0 Å². The maximum absolute atomic E-state index is 12.0. The number of benzene rings is 1. The highest BCUT2D eigenvalue weighted by Crippen LogP contribution is 2.26. The van der Waals surface area contributed by atoms with Crippen LogP contribution in [0.2, 0.25) is 0 Å². The Kier molecular flexibility index (Phi) is 4.52. The van der Waals surface area contributed by atoms with E-state index in [-0.39, 0.29) is 24.1 Å². The summed E-state index contributed by atoms with van der Waals surface area (Å²) in [7, 11) is 0. The van der Waals surface area contributed by atoms with Crippen LogP contribution in [0.25, 0.3) is 0 Å². The van der Waals surface area contributed by atoms with Crippen molar-refractivity contribution in [2.24, 2.45) is 5.92 Å². The molecule has 0 radical (unpaired) electrons. The second-order valence-electron chi connectivity index (χ2n) is 6.46. The number of phenolic OH excluding ortho intramolecular Hbond substituents is 1. The number of carbonyl (C=O) groups excluding carboxylic acids is 1. The molecule has 0 aliphatic carbocycles. The number of aliphatic carboxylic acids is 1. The molecule has 0 aromatic heterocycles. The number of hydrogen-bond acceptors (Lipinski definition) is 4. The van der Waals surface area contributed by atoms with Crippen LogP contribution in [-0.2, 0) is 16.1 Å². The monoisotopic (exact) mass is 318 g/mol. The van der Waals surface area contributed by atoms with Crippen molar-refractivity contribution in [2.75, 3.05) is 19.6 Å². The quantitative estimate of drug-likeness (QED) is 0.874.